The minimum absolute atomic E-state index is 0.123. The van der Waals surface area contributed by atoms with Crippen LogP contribution in [0.5, 0.6) is 0 Å². The van der Waals surface area contributed by atoms with E-state index in [0.29, 0.717) is 12.2 Å². The van der Waals surface area contributed by atoms with Crippen molar-refractivity contribution in [1.29, 1.82) is 0 Å². The maximum absolute atomic E-state index is 13.2. The Bertz CT molecular complexity index is 810. The number of halogens is 1. The van der Waals surface area contributed by atoms with Gasteiger partial charge in [-0.15, -0.1) is 0 Å². The highest BCUT2D eigenvalue weighted by Crippen LogP contribution is 2.64. The number of nitrogens with one attached hydrogen (secondary N) is 2. The van der Waals surface area contributed by atoms with Gasteiger partial charge in [0.2, 0.25) is 5.91 Å². The van der Waals surface area contributed by atoms with Crippen molar-refractivity contribution in [1.82, 2.24) is 10.6 Å². The van der Waals surface area contributed by atoms with Gasteiger partial charge in [0.25, 0.3) is 5.91 Å². The highest BCUT2D eigenvalue weighted by atomic mass is 19.1. The average Bonchev–Trinajstić information content (AvgIpc) is 2.96. The van der Waals surface area contributed by atoms with E-state index in [2.05, 4.69) is 10.6 Å². The first-order chi connectivity index (χ1) is 11.8. The quantitative estimate of drug-likeness (QED) is 0.876. The molecular formula is C19H21FN2O3. The lowest BCUT2D eigenvalue weighted by Crippen LogP contribution is -2.37. The van der Waals surface area contributed by atoms with E-state index in [1.54, 1.807) is 24.3 Å². The summed E-state index contributed by atoms with van der Waals surface area (Å²) in [4.78, 5) is 24.4. The molecule has 132 valence electrons. The fourth-order valence-electron chi connectivity index (χ4n) is 3.40. The van der Waals surface area contributed by atoms with Gasteiger partial charge >= 0.3 is 0 Å². The highest BCUT2D eigenvalue weighted by Gasteiger charge is 2.66. The summed E-state index contributed by atoms with van der Waals surface area (Å²) in [5, 5.41) is 5.36. The van der Waals surface area contributed by atoms with Gasteiger partial charge in [0, 0.05) is 7.05 Å². The summed E-state index contributed by atoms with van der Waals surface area (Å²) < 4.78 is 18.6. The Hall–Kier alpha value is -2.63. The smallest absolute Gasteiger partial charge is 0.286 e. The normalized spacial score (nSPS) is 20.8. The molecule has 0 unspecified atom stereocenters. The van der Waals surface area contributed by atoms with Gasteiger partial charge < -0.3 is 15.1 Å². The van der Waals surface area contributed by atoms with Crippen LogP contribution in [0.3, 0.4) is 0 Å². The molecule has 3 rings (SSSR count). The zero-order valence-electron chi connectivity index (χ0n) is 14.5. The number of amides is 2. The van der Waals surface area contributed by atoms with Crippen LogP contribution in [0.25, 0.3) is 0 Å². The van der Waals surface area contributed by atoms with Gasteiger partial charge in [-0.2, -0.15) is 0 Å². The number of rotatable bonds is 5. The Morgan fingerprint density at radius 2 is 1.80 bits per heavy atom. The van der Waals surface area contributed by atoms with Crippen molar-refractivity contribution < 1.29 is 18.4 Å². The van der Waals surface area contributed by atoms with E-state index in [1.165, 1.54) is 19.2 Å². The molecule has 1 fully saturated rings. The topological polar surface area (TPSA) is 71.3 Å². The third-order valence-corrected chi connectivity index (χ3v) is 5.00. The van der Waals surface area contributed by atoms with Crippen molar-refractivity contribution in [3.05, 3.63) is 59.3 Å². The Kier molecular flexibility index (Phi) is 4.14. The van der Waals surface area contributed by atoms with E-state index in [-0.39, 0.29) is 35.4 Å². The average molecular weight is 344 g/mol. The maximum atomic E-state index is 13.2. The molecule has 1 aliphatic rings. The standard InChI is InChI=1S/C19H21FN2O3/c1-18(2)11-19(18,12-4-6-13(20)7-5-12)17(24)22-10-14-8-9-15(25-14)16(23)21-3/h4-9H,10-11H2,1-3H3,(H,21,23)(H,22,24)/t19-/m0/s1. The summed E-state index contributed by atoms with van der Waals surface area (Å²) in [7, 11) is 1.52. The SMILES string of the molecule is CNC(=O)c1ccc(CNC(=O)[C@@]2(c3ccc(F)cc3)CC2(C)C)o1. The van der Waals surface area contributed by atoms with E-state index in [0.717, 1.165) is 5.56 Å². The van der Waals surface area contributed by atoms with Crippen LogP contribution in [0.4, 0.5) is 4.39 Å². The van der Waals surface area contributed by atoms with Crippen molar-refractivity contribution in [2.45, 2.75) is 32.2 Å². The van der Waals surface area contributed by atoms with Crippen LogP contribution in [0.2, 0.25) is 0 Å². The van der Waals surface area contributed by atoms with Crippen LogP contribution < -0.4 is 10.6 Å². The molecular weight excluding hydrogens is 323 g/mol. The largest absolute Gasteiger partial charge is 0.454 e. The van der Waals surface area contributed by atoms with Crippen molar-refractivity contribution >= 4 is 11.8 Å². The Balaban J connectivity index is 1.74. The van der Waals surface area contributed by atoms with Gasteiger partial charge in [-0.3, -0.25) is 9.59 Å². The number of hydrogen-bond donors (Lipinski definition) is 2. The first-order valence-corrected chi connectivity index (χ1v) is 8.15. The Morgan fingerprint density at radius 3 is 2.36 bits per heavy atom. The molecule has 1 aromatic heterocycles. The minimum Gasteiger partial charge on any atom is -0.454 e. The van der Waals surface area contributed by atoms with E-state index >= 15 is 0 Å². The summed E-state index contributed by atoms with van der Waals surface area (Å²) in [6.07, 6.45) is 0.694. The third kappa shape index (κ3) is 2.92. The number of hydrogen-bond acceptors (Lipinski definition) is 3. The van der Waals surface area contributed by atoms with Crippen LogP contribution >= 0.6 is 0 Å². The third-order valence-electron chi connectivity index (χ3n) is 5.00. The molecule has 0 bridgehead atoms. The predicted octanol–water partition coefficient (Wildman–Crippen LogP) is 2.76. The van der Waals surface area contributed by atoms with Crippen molar-refractivity contribution in [3.8, 4) is 0 Å². The first kappa shape index (κ1) is 17.2. The fraction of sp³-hybridized carbons (Fsp3) is 0.368. The summed E-state index contributed by atoms with van der Waals surface area (Å²) >= 11 is 0. The van der Waals surface area contributed by atoms with Crippen molar-refractivity contribution in [3.63, 3.8) is 0 Å². The molecule has 2 amide bonds. The molecule has 1 aromatic carbocycles. The monoisotopic (exact) mass is 344 g/mol. The van der Waals surface area contributed by atoms with Crippen LogP contribution in [-0.4, -0.2) is 18.9 Å². The van der Waals surface area contributed by atoms with E-state index in [1.807, 2.05) is 13.8 Å². The second kappa shape index (κ2) is 6.02. The maximum Gasteiger partial charge on any atom is 0.286 e. The molecule has 1 atom stereocenters. The molecule has 1 heterocycles. The Labute approximate surface area is 145 Å². The molecule has 0 saturated heterocycles. The van der Waals surface area contributed by atoms with Gasteiger partial charge in [-0.1, -0.05) is 26.0 Å². The summed E-state index contributed by atoms with van der Waals surface area (Å²) in [6.45, 7) is 4.23. The summed E-state index contributed by atoms with van der Waals surface area (Å²) in [5.74, 6) is -0.0628. The van der Waals surface area contributed by atoms with E-state index in [9.17, 15) is 14.0 Å². The number of furan rings is 1. The molecule has 1 aliphatic carbocycles. The lowest BCUT2D eigenvalue weighted by molar-refractivity contribution is -0.124. The number of benzene rings is 1. The second-order valence-corrected chi connectivity index (χ2v) is 7.00. The molecule has 2 N–H and O–H groups in total. The molecule has 25 heavy (non-hydrogen) atoms. The molecule has 2 aromatic rings. The number of carbonyl (C=O) groups excluding carboxylic acids is 2. The number of carbonyl (C=O) groups is 2. The molecule has 0 spiro atoms. The van der Waals surface area contributed by atoms with Crippen molar-refractivity contribution in [2.75, 3.05) is 7.05 Å². The molecule has 0 radical (unpaired) electrons. The van der Waals surface area contributed by atoms with Gasteiger partial charge in [0.1, 0.15) is 11.6 Å². The van der Waals surface area contributed by atoms with Crippen LogP contribution in [0.15, 0.2) is 40.8 Å². The fourth-order valence-corrected chi connectivity index (χ4v) is 3.40. The van der Waals surface area contributed by atoms with Crippen LogP contribution in [0.1, 0.15) is 42.1 Å². The first-order valence-electron chi connectivity index (χ1n) is 8.15. The zero-order chi connectivity index (χ0) is 18.2. The predicted molar refractivity (Wildman–Crippen MR) is 90.4 cm³/mol. The summed E-state index contributed by atoms with van der Waals surface area (Å²) in [6, 6.07) is 9.31. The minimum atomic E-state index is -0.670. The molecule has 5 nitrogen and oxygen atoms in total. The van der Waals surface area contributed by atoms with Gasteiger partial charge in [0.05, 0.1) is 12.0 Å². The van der Waals surface area contributed by atoms with E-state index < -0.39 is 5.41 Å². The van der Waals surface area contributed by atoms with E-state index in [4.69, 9.17) is 4.42 Å². The van der Waals surface area contributed by atoms with Crippen molar-refractivity contribution in [2.24, 2.45) is 5.41 Å². The van der Waals surface area contributed by atoms with Crippen LogP contribution in [0, 0.1) is 11.2 Å². The highest BCUT2D eigenvalue weighted by molar-refractivity contribution is 5.93. The molecule has 6 heteroatoms. The lowest BCUT2D eigenvalue weighted by Gasteiger charge is -2.20. The Morgan fingerprint density at radius 1 is 1.16 bits per heavy atom. The van der Waals surface area contributed by atoms with Gasteiger partial charge in [0.15, 0.2) is 5.76 Å². The lowest BCUT2D eigenvalue weighted by atomic mass is 9.87. The summed E-state index contributed by atoms with van der Waals surface area (Å²) in [5.41, 5.74) is -0.0655. The second-order valence-electron chi connectivity index (χ2n) is 7.00. The van der Waals surface area contributed by atoms with Gasteiger partial charge in [-0.25, -0.2) is 4.39 Å². The zero-order valence-corrected chi connectivity index (χ0v) is 14.5. The molecule has 1 saturated carbocycles. The van der Waals surface area contributed by atoms with Crippen LogP contribution in [-0.2, 0) is 16.8 Å². The molecule has 0 aliphatic heterocycles. The van der Waals surface area contributed by atoms with Gasteiger partial charge in [-0.05, 0) is 41.7 Å².